The van der Waals surface area contributed by atoms with Crippen molar-refractivity contribution in [2.75, 3.05) is 6.61 Å². The van der Waals surface area contributed by atoms with Crippen molar-refractivity contribution in [1.82, 2.24) is 0 Å². The predicted octanol–water partition coefficient (Wildman–Crippen LogP) is 3.64. The summed E-state index contributed by atoms with van der Waals surface area (Å²) in [4.78, 5) is 12.4. The molecule has 2 nitrogen and oxygen atoms in total. The number of benzene rings is 2. The average Bonchev–Trinajstić information content (AvgIpc) is 2.50. The molecule has 0 radical (unpaired) electrons. The zero-order valence-corrected chi connectivity index (χ0v) is 11.3. The zero-order valence-electron chi connectivity index (χ0n) is 11.3. The Kier molecular flexibility index (Phi) is 3.69. The molecule has 0 spiro atoms. The third kappa shape index (κ3) is 2.66. The number of fused-ring (bicyclic) bond motifs is 1. The van der Waals surface area contributed by atoms with E-state index < -0.39 is 11.6 Å². The average molecular weight is 288 g/mol. The fraction of sp³-hybridized carbons (Fsp3) is 0.235. The van der Waals surface area contributed by atoms with Crippen LogP contribution in [0.5, 0.6) is 5.75 Å². The molecule has 2 aromatic rings. The predicted molar refractivity (Wildman–Crippen MR) is 74.4 cm³/mol. The van der Waals surface area contributed by atoms with E-state index in [4.69, 9.17) is 4.74 Å². The molecule has 0 aliphatic carbocycles. The second kappa shape index (κ2) is 5.64. The van der Waals surface area contributed by atoms with E-state index in [2.05, 4.69) is 0 Å². The maximum absolute atomic E-state index is 13.7. The summed E-state index contributed by atoms with van der Waals surface area (Å²) in [5.41, 5.74) is 0.636. The van der Waals surface area contributed by atoms with E-state index >= 15 is 0 Å². The summed E-state index contributed by atoms with van der Waals surface area (Å²) >= 11 is 0. The lowest BCUT2D eigenvalue weighted by molar-refractivity contribution is -0.120. The van der Waals surface area contributed by atoms with Gasteiger partial charge in [0.25, 0.3) is 0 Å². The summed E-state index contributed by atoms with van der Waals surface area (Å²) in [5.74, 6) is -1.23. The van der Waals surface area contributed by atoms with Crippen LogP contribution >= 0.6 is 0 Å². The van der Waals surface area contributed by atoms with Gasteiger partial charge in [-0.15, -0.1) is 0 Å². The molecular formula is C17H14F2O2. The normalized spacial score (nSPS) is 17.0. The van der Waals surface area contributed by atoms with Gasteiger partial charge in [-0.2, -0.15) is 0 Å². The molecule has 0 aromatic heterocycles. The highest BCUT2D eigenvalue weighted by Crippen LogP contribution is 2.34. The molecule has 2 aromatic carbocycles. The standard InChI is InChI=1S/C17H14F2O2/c18-14-5-3-6-15(19)13(14)10-16(20)11-8-9-21-17-7-2-1-4-12(11)17/h1-7,11H,8-10H2. The largest absolute Gasteiger partial charge is 0.493 e. The minimum Gasteiger partial charge on any atom is -0.493 e. The van der Waals surface area contributed by atoms with E-state index in [1.54, 1.807) is 6.07 Å². The quantitative estimate of drug-likeness (QED) is 0.862. The smallest absolute Gasteiger partial charge is 0.145 e. The Morgan fingerprint density at radius 3 is 2.57 bits per heavy atom. The summed E-state index contributed by atoms with van der Waals surface area (Å²) in [5, 5.41) is 0. The van der Waals surface area contributed by atoms with Gasteiger partial charge in [-0.3, -0.25) is 4.79 Å². The summed E-state index contributed by atoms with van der Waals surface area (Å²) in [6.07, 6.45) is 0.295. The van der Waals surface area contributed by atoms with Gasteiger partial charge < -0.3 is 4.74 Å². The monoisotopic (exact) mass is 288 g/mol. The van der Waals surface area contributed by atoms with E-state index in [0.717, 1.165) is 5.56 Å². The maximum atomic E-state index is 13.7. The lowest BCUT2D eigenvalue weighted by Gasteiger charge is -2.25. The van der Waals surface area contributed by atoms with Crippen LogP contribution < -0.4 is 4.74 Å². The molecule has 21 heavy (non-hydrogen) atoms. The van der Waals surface area contributed by atoms with Crippen LogP contribution in [0, 0.1) is 11.6 Å². The number of carbonyl (C=O) groups excluding carboxylic acids is 1. The molecule has 0 saturated carbocycles. The molecule has 4 heteroatoms. The van der Waals surface area contributed by atoms with Crippen LogP contribution in [0.3, 0.4) is 0 Å². The summed E-state index contributed by atoms with van der Waals surface area (Å²) < 4.78 is 32.8. The van der Waals surface area contributed by atoms with Crippen molar-refractivity contribution in [3.8, 4) is 5.75 Å². The Morgan fingerprint density at radius 1 is 1.10 bits per heavy atom. The van der Waals surface area contributed by atoms with Crippen LogP contribution in [0.15, 0.2) is 42.5 Å². The molecule has 1 heterocycles. The van der Waals surface area contributed by atoms with Crippen molar-refractivity contribution in [3.05, 3.63) is 65.2 Å². The topological polar surface area (TPSA) is 26.3 Å². The lowest BCUT2D eigenvalue weighted by Crippen LogP contribution is -2.23. The third-order valence-corrected chi connectivity index (χ3v) is 3.76. The second-order valence-electron chi connectivity index (χ2n) is 5.07. The number of para-hydroxylation sites is 1. The third-order valence-electron chi connectivity index (χ3n) is 3.76. The van der Waals surface area contributed by atoms with Gasteiger partial charge in [0.15, 0.2) is 0 Å². The number of halogens is 2. The van der Waals surface area contributed by atoms with Gasteiger partial charge in [0.1, 0.15) is 23.2 Å². The van der Waals surface area contributed by atoms with Crippen LogP contribution in [-0.4, -0.2) is 12.4 Å². The number of rotatable bonds is 3. The van der Waals surface area contributed by atoms with Crippen LogP contribution in [0.4, 0.5) is 8.78 Å². The Hall–Kier alpha value is -2.23. The number of Topliss-reactive ketones (excluding diaryl/α,β-unsaturated/α-hetero) is 1. The molecule has 108 valence electrons. The SMILES string of the molecule is O=C(Cc1c(F)cccc1F)C1CCOc2ccccc21. The Morgan fingerprint density at radius 2 is 1.81 bits per heavy atom. The van der Waals surface area contributed by atoms with Gasteiger partial charge >= 0.3 is 0 Å². The van der Waals surface area contributed by atoms with E-state index in [9.17, 15) is 13.6 Å². The number of hydrogen-bond acceptors (Lipinski definition) is 2. The second-order valence-corrected chi connectivity index (χ2v) is 5.07. The molecule has 1 aliphatic heterocycles. The lowest BCUT2D eigenvalue weighted by atomic mass is 9.86. The van der Waals surface area contributed by atoms with Gasteiger partial charge in [0, 0.05) is 23.5 Å². The van der Waals surface area contributed by atoms with Gasteiger partial charge in [-0.25, -0.2) is 8.78 Å². The van der Waals surface area contributed by atoms with Crippen LogP contribution in [0.2, 0.25) is 0 Å². The highest BCUT2D eigenvalue weighted by molar-refractivity contribution is 5.88. The van der Waals surface area contributed by atoms with E-state index in [1.807, 2.05) is 18.2 Å². The first-order valence-corrected chi connectivity index (χ1v) is 6.84. The van der Waals surface area contributed by atoms with Crippen LogP contribution in [0.25, 0.3) is 0 Å². The number of hydrogen-bond donors (Lipinski definition) is 0. The minimum absolute atomic E-state index is 0.161. The summed E-state index contributed by atoms with van der Waals surface area (Å²) in [6, 6.07) is 10.9. The summed E-state index contributed by atoms with van der Waals surface area (Å²) in [7, 11) is 0. The highest BCUT2D eigenvalue weighted by atomic mass is 19.1. The fourth-order valence-electron chi connectivity index (χ4n) is 2.68. The molecule has 1 aliphatic rings. The first-order chi connectivity index (χ1) is 10.2. The molecule has 0 bridgehead atoms. The number of carbonyl (C=O) groups is 1. The first-order valence-electron chi connectivity index (χ1n) is 6.84. The van der Waals surface area contributed by atoms with Crippen molar-refractivity contribution in [2.45, 2.75) is 18.8 Å². The molecule has 1 atom stereocenters. The van der Waals surface area contributed by atoms with Crippen molar-refractivity contribution in [2.24, 2.45) is 0 Å². The van der Waals surface area contributed by atoms with E-state index in [0.29, 0.717) is 18.8 Å². The van der Waals surface area contributed by atoms with Crippen molar-refractivity contribution < 1.29 is 18.3 Å². The Labute approximate surface area is 121 Å². The first kappa shape index (κ1) is 13.7. The van der Waals surface area contributed by atoms with Gasteiger partial charge in [-0.05, 0) is 24.6 Å². The molecule has 0 N–H and O–H groups in total. The van der Waals surface area contributed by atoms with Gasteiger partial charge in [-0.1, -0.05) is 24.3 Å². The van der Waals surface area contributed by atoms with E-state index in [-0.39, 0.29) is 23.7 Å². The molecule has 1 unspecified atom stereocenters. The van der Waals surface area contributed by atoms with Gasteiger partial charge in [0.05, 0.1) is 6.61 Å². The zero-order chi connectivity index (χ0) is 14.8. The summed E-state index contributed by atoms with van der Waals surface area (Å²) in [6.45, 7) is 0.438. The number of ketones is 1. The fourth-order valence-corrected chi connectivity index (χ4v) is 2.68. The van der Waals surface area contributed by atoms with Gasteiger partial charge in [0.2, 0.25) is 0 Å². The molecule has 0 fully saturated rings. The van der Waals surface area contributed by atoms with Crippen molar-refractivity contribution in [1.29, 1.82) is 0 Å². The molecular weight excluding hydrogens is 274 g/mol. The number of ether oxygens (including phenoxy) is 1. The Bertz CT molecular complexity index is 662. The van der Waals surface area contributed by atoms with E-state index in [1.165, 1.54) is 18.2 Å². The maximum Gasteiger partial charge on any atom is 0.145 e. The molecule has 0 amide bonds. The minimum atomic E-state index is -0.677. The van der Waals surface area contributed by atoms with Crippen molar-refractivity contribution >= 4 is 5.78 Å². The molecule has 0 saturated heterocycles. The van der Waals surface area contributed by atoms with Crippen molar-refractivity contribution in [3.63, 3.8) is 0 Å². The highest BCUT2D eigenvalue weighted by Gasteiger charge is 2.28. The Balaban J connectivity index is 1.87. The van der Waals surface area contributed by atoms with Crippen LogP contribution in [0.1, 0.15) is 23.5 Å². The van der Waals surface area contributed by atoms with Crippen LogP contribution in [-0.2, 0) is 11.2 Å². The molecule has 3 rings (SSSR count).